The summed E-state index contributed by atoms with van der Waals surface area (Å²) >= 11 is 0. The van der Waals surface area contributed by atoms with Gasteiger partial charge in [-0.3, -0.25) is 0 Å². The molecule has 1 heteroatoms. The van der Waals surface area contributed by atoms with Crippen molar-refractivity contribution in [2.75, 3.05) is 5.32 Å². The van der Waals surface area contributed by atoms with Gasteiger partial charge in [-0.2, -0.15) is 0 Å². The zero-order chi connectivity index (χ0) is 33.2. The predicted octanol–water partition coefficient (Wildman–Crippen LogP) is 13.6. The number of nitrogens with one attached hydrogen (secondary N) is 1. The van der Waals surface area contributed by atoms with E-state index >= 15 is 0 Å². The average Bonchev–Trinajstić information content (AvgIpc) is 3.18. The number of para-hydroxylation sites is 1. The molecular weight excluding hydrogens is 603 g/mol. The van der Waals surface area contributed by atoms with Crippen molar-refractivity contribution in [3.8, 4) is 11.1 Å². The number of rotatable bonds is 4. The summed E-state index contributed by atoms with van der Waals surface area (Å²) in [4.78, 5) is 0. The molecule has 7 saturated carbocycles. The molecule has 0 aliphatic heterocycles. The quantitative estimate of drug-likeness (QED) is 0.292. The Balaban J connectivity index is 0.909. The number of aryl methyl sites for hydroxylation is 1. The van der Waals surface area contributed by atoms with Crippen LogP contribution in [0.4, 0.5) is 11.4 Å². The fraction of sp³-hybridized carbons (Fsp3) is 0.633. The van der Waals surface area contributed by atoms with Gasteiger partial charge in [-0.05, 0) is 189 Å². The number of anilines is 2. The average molecular weight is 666 g/mol. The van der Waals surface area contributed by atoms with Crippen LogP contribution in [0.2, 0.25) is 0 Å². The fourth-order valence-corrected chi connectivity index (χ4v) is 15.3. The van der Waals surface area contributed by atoms with E-state index in [1.165, 1.54) is 60.2 Å². The summed E-state index contributed by atoms with van der Waals surface area (Å²) in [5, 5.41) is 3.89. The Morgan fingerprint density at radius 2 is 0.900 bits per heavy atom. The molecule has 264 valence electrons. The van der Waals surface area contributed by atoms with Gasteiger partial charge >= 0.3 is 0 Å². The third-order valence-electron chi connectivity index (χ3n) is 17.1. The number of hydrogen-bond acceptors (Lipinski definition) is 1. The summed E-state index contributed by atoms with van der Waals surface area (Å²) in [5.41, 5.74) is 8.01. The minimum absolute atomic E-state index is 0.723. The van der Waals surface area contributed by atoms with Crippen molar-refractivity contribution in [3.05, 3.63) is 83.9 Å². The first-order chi connectivity index (χ1) is 24.7. The standard InChI is InChI=1S/C49H63N/c1-31-13-2-3-16-35(31)43-23-10-11-24-49(43)50-34-15-12-14-32(27-34)33-25-26-42-44(28-33)40-21-8-9-22-41(40)47-29-45-38-19-6-4-17-36(38)37-18-5-7-20-39(37)46(45)30-48(42)47/h2-3,10-16,23-24,27,33,36-42,44-48,50H,4-9,17-22,25-26,28-30H2,1H3. The van der Waals surface area contributed by atoms with E-state index in [-0.39, 0.29) is 0 Å². The van der Waals surface area contributed by atoms with Gasteiger partial charge < -0.3 is 5.32 Å². The second-order valence-corrected chi connectivity index (χ2v) is 18.9. The van der Waals surface area contributed by atoms with E-state index in [2.05, 4.69) is 85.0 Å². The molecule has 1 N–H and O–H groups in total. The van der Waals surface area contributed by atoms with Gasteiger partial charge in [0.05, 0.1) is 0 Å². The van der Waals surface area contributed by atoms with E-state index in [9.17, 15) is 0 Å². The largest absolute Gasteiger partial charge is 0.355 e. The lowest BCUT2D eigenvalue weighted by molar-refractivity contribution is -0.155. The van der Waals surface area contributed by atoms with Gasteiger partial charge in [0.15, 0.2) is 0 Å². The maximum atomic E-state index is 3.89. The Labute approximate surface area is 303 Å². The molecule has 50 heavy (non-hydrogen) atoms. The van der Waals surface area contributed by atoms with E-state index < -0.39 is 0 Å². The van der Waals surface area contributed by atoms with Crippen LogP contribution >= 0.6 is 0 Å². The SMILES string of the molecule is Cc1ccccc1-c1ccccc1Nc1cccc(C2CCC3C(C2)C2CCCCC2C2CC4C5CCCCC5C5CCCCC5C4CC32)c1. The lowest BCUT2D eigenvalue weighted by Gasteiger charge is -2.65. The molecular formula is C49H63N. The highest BCUT2D eigenvalue weighted by molar-refractivity contribution is 5.82. The molecule has 0 amide bonds. The molecule has 7 aliphatic carbocycles. The Kier molecular flexibility index (Phi) is 8.65. The monoisotopic (exact) mass is 665 g/mol. The summed E-state index contributed by atoms with van der Waals surface area (Å²) in [6, 6.07) is 27.3. The lowest BCUT2D eigenvalue weighted by Crippen LogP contribution is -2.57. The van der Waals surface area contributed by atoms with Crippen LogP contribution < -0.4 is 5.32 Å². The Morgan fingerprint density at radius 1 is 0.420 bits per heavy atom. The predicted molar refractivity (Wildman–Crippen MR) is 209 cm³/mol. The van der Waals surface area contributed by atoms with Crippen molar-refractivity contribution < 1.29 is 0 Å². The van der Waals surface area contributed by atoms with Crippen molar-refractivity contribution in [3.63, 3.8) is 0 Å². The van der Waals surface area contributed by atoms with E-state index in [1.54, 1.807) is 82.6 Å². The summed E-state index contributed by atoms with van der Waals surface area (Å²) < 4.78 is 0. The topological polar surface area (TPSA) is 12.0 Å². The second kappa shape index (κ2) is 13.5. The number of benzene rings is 3. The van der Waals surface area contributed by atoms with E-state index in [0.717, 1.165) is 76.9 Å². The van der Waals surface area contributed by atoms with Crippen molar-refractivity contribution in [2.45, 2.75) is 122 Å². The van der Waals surface area contributed by atoms with Gasteiger partial charge in [0.25, 0.3) is 0 Å². The normalized spacial score (nSPS) is 40.5. The molecule has 3 aromatic rings. The van der Waals surface area contributed by atoms with Gasteiger partial charge in [-0.15, -0.1) is 0 Å². The van der Waals surface area contributed by atoms with Gasteiger partial charge in [0.1, 0.15) is 0 Å². The number of hydrogen-bond donors (Lipinski definition) is 1. The van der Waals surface area contributed by atoms with Crippen LogP contribution in [0.25, 0.3) is 11.1 Å². The van der Waals surface area contributed by atoms with Crippen LogP contribution in [0.1, 0.15) is 126 Å². The van der Waals surface area contributed by atoms with E-state index in [4.69, 9.17) is 0 Å². The summed E-state index contributed by atoms with van der Waals surface area (Å²) in [6.07, 6.45) is 26.4. The Morgan fingerprint density at radius 3 is 1.48 bits per heavy atom. The van der Waals surface area contributed by atoms with Gasteiger partial charge in [0, 0.05) is 16.9 Å². The maximum Gasteiger partial charge on any atom is 0.0464 e. The summed E-state index contributed by atoms with van der Waals surface area (Å²) in [7, 11) is 0. The molecule has 0 saturated heterocycles. The van der Waals surface area contributed by atoms with E-state index in [0.29, 0.717) is 0 Å². The minimum Gasteiger partial charge on any atom is -0.355 e. The van der Waals surface area contributed by atoms with Crippen molar-refractivity contribution >= 4 is 11.4 Å². The van der Waals surface area contributed by atoms with Gasteiger partial charge in [0.2, 0.25) is 0 Å². The molecule has 0 radical (unpaired) electrons. The van der Waals surface area contributed by atoms with Crippen molar-refractivity contribution in [1.29, 1.82) is 0 Å². The Bertz CT molecular complexity index is 1650. The van der Waals surface area contributed by atoms with Crippen LogP contribution in [0.15, 0.2) is 72.8 Å². The minimum atomic E-state index is 0.723. The molecule has 13 unspecified atom stereocenters. The van der Waals surface area contributed by atoms with E-state index in [1.807, 2.05) is 0 Å². The molecule has 7 fully saturated rings. The first kappa shape index (κ1) is 32.1. The molecule has 13 atom stereocenters. The Hall–Kier alpha value is -2.54. The van der Waals surface area contributed by atoms with Crippen molar-refractivity contribution in [1.82, 2.24) is 0 Å². The molecule has 3 aromatic carbocycles. The summed E-state index contributed by atoms with van der Waals surface area (Å²) in [5.74, 6) is 13.5. The third kappa shape index (κ3) is 5.53. The zero-order valence-electron chi connectivity index (χ0n) is 31.0. The maximum absolute atomic E-state index is 3.89. The molecule has 0 bridgehead atoms. The second-order valence-electron chi connectivity index (χ2n) is 18.9. The molecule has 7 aliphatic rings. The highest BCUT2D eigenvalue weighted by Gasteiger charge is 2.59. The highest BCUT2D eigenvalue weighted by Crippen LogP contribution is 2.67. The molecule has 1 nitrogen and oxygen atoms in total. The molecule has 0 aromatic heterocycles. The van der Waals surface area contributed by atoms with Gasteiger partial charge in [-0.25, -0.2) is 0 Å². The van der Waals surface area contributed by atoms with Crippen LogP contribution in [-0.2, 0) is 0 Å². The fourth-order valence-electron chi connectivity index (χ4n) is 15.3. The van der Waals surface area contributed by atoms with Crippen LogP contribution in [0, 0.1) is 77.9 Å². The lowest BCUT2D eigenvalue weighted by atomic mass is 9.40. The van der Waals surface area contributed by atoms with Crippen LogP contribution in [0.5, 0.6) is 0 Å². The molecule has 10 rings (SSSR count). The zero-order valence-corrected chi connectivity index (χ0v) is 31.0. The smallest absolute Gasteiger partial charge is 0.0464 e. The first-order valence-corrected chi connectivity index (χ1v) is 21.7. The molecule has 0 heterocycles. The first-order valence-electron chi connectivity index (χ1n) is 21.7. The number of fused-ring (bicyclic) bond motifs is 12. The van der Waals surface area contributed by atoms with Crippen molar-refractivity contribution in [2.24, 2.45) is 71.0 Å². The van der Waals surface area contributed by atoms with Crippen LogP contribution in [0.3, 0.4) is 0 Å². The summed E-state index contributed by atoms with van der Waals surface area (Å²) in [6.45, 7) is 2.23. The molecule has 0 spiro atoms. The highest BCUT2D eigenvalue weighted by atomic mass is 14.9. The van der Waals surface area contributed by atoms with Gasteiger partial charge in [-0.1, -0.05) is 93.1 Å². The van der Waals surface area contributed by atoms with Crippen LogP contribution in [-0.4, -0.2) is 0 Å². The third-order valence-corrected chi connectivity index (χ3v) is 17.1.